The molecule has 4 aromatic rings. The Morgan fingerprint density at radius 3 is 2.63 bits per heavy atom. The van der Waals surface area contributed by atoms with Gasteiger partial charge in [-0.1, -0.05) is 37.3 Å². The second-order valence-corrected chi connectivity index (χ2v) is 7.86. The van der Waals surface area contributed by atoms with Gasteiger partial charge >= 0.3 is 0 Å². The van der Waals surface area contributed by atoms with Gasteiger partial charge in [0.05, 0.1) is 6.20 Å². The standard InChI is InChI=1S/C22H21N5O2S/c1-2-30-20(17-5-3-4-6-18(17)28)22-27-26-21(29-22)16-9-7-15(8-10-16)13-25-19-14-23-11-12-24-19/h3-12,14,20,28H,2,13H2,1H3,(H,24,25). The smallest absolute Gasteiger partial charge is 0.247 e. The molecule has 1 unspecified atom stereocenters. The zero-order valence-corrected chi connectivity index (χ0v) is 17.2. The first-order valence-corrected chi connectivity index (χ1v) is 10.6. The molecule has 2 aromatic heterocycles. The molecule has 2 N–H and O–H groups in total. The first-order valence-electron chi connectivity index (χ1n) is 9.56. The molecule has 0 amide bonds. The molecule has 2 heterocycles. The first kappa shape index (κ1) is 19.9. The number of anilines is 1. The molecule has 0 spiro atoms. The lowest BCUT2D eigenvalue weighted by Gasteiger charge is -2.13. The number of thioether (sulfide) groups is 1. The summed E-state index contributed by atoms with van der Waals surface area (Å²) in [6, 6.07) is 15.2. The molecule has 7 nitrogen and oxygen atoms in total. The van der Waals surface area contributed by atoms with Crippen molar-refractivity contribution in [3.8, 4) is 17.2 Å². The van der Waals surface area contributed by atoms with E-state index in [4.69, 9.17) is 4.42 Å². The van der Waals surface area contributed by atoms with E-state index in [1.54, 1.807) is 42.5 Å². The maximum Gasteiger partial charge on any atom is 0.247 e. The van der Waals surface area contributed by atoms with Crippen LogP contribution in [0.5, 0.6) is 5.75 Å². The van der Waals surface area contributed by atoms with Gasteiger partial charge in [0.2, 0.25) is 11.8 Å². The van der Waals surface area contributed by atoms with Gasteiger partial charge in [-0.3, -0.25) is 4.98 Å². The molecule has 152 valence electrons. The van der Waals surface area contributed by atoms with Gasteiger partial charge in [-0.05, 0) is 29.5 Å². The number of benzene rings is 2. The normalized spacial score (nSPS) is 11.9. The van der Waals surface area contributed by atoms with Crippen molar-refractivity contribution in [1.82, 2.24) is 20.2 Å². The summed E-state index contributed by atoms with van der Waals surface area (Å²) in [5.41, 5.74) is 2.71. The molecule has 1 atom stereocenters. The van der Waals surface area contributed by atoms with Crippen molar-refractivity contribution < 1.29 is 9.52 Å². The monoisotopic (exact) mass is 419 g/mol. The number of phenolic OH excluding ortho intramolecular Hbond substituents is 1. The van der Waals surface area contributed by atoms with E-state index in [1.807, 2.05) is 36.4 Å². The molecule has 0 aliphatic rings. The van der Waals surface area contributed by atoms with Gasteiger partial charge in [0.15, 0.2) is 0 Å². The molecular formula is C22H21N5O2S. The lowest BCUT2D eigenvalue weighted by atomic mass is 10.1. The van der Waals surface area contributed by atoms with Gasteiger partial charge in [-0.25, -0.2) is 4.98 Å². The molecule has 0 saturated heterocycles. The summed E-state index contributed by atoms with van der Waals surface area (Å²) < 4.78 is 5.97. The van der Waals surface area contributed by atoms with Crippen LogP contribution in [-0.2, 0) is 6.54 Å². The second kappa shape index (κ2) is 9.41. The average molecular weight is 420 g/mol. The van der Waals surface area contributed by atoms with Crippen LogP contribution in [0.15, 0.2) is 71.5 Å². The molecule has 2 aromatic carbocycles. The predicted octanol–water partition coefficient (Wildman–Crippen LogP) is 4.69. The van der Waals surface area contributed by atoms with Gasteiger partial charge in [0.1, 0.15) is 16.8 Å². The molecule has 0 saturated carbocycles. The molecule has 0 aliphatic carbocycles. The Kier molecular flexibility index (Phi) is 6.24. The van der Waals surface area contributed by atoms with Crippen LogP contribution >= 0.6 is 11.8 Å². The topological polar surface area (TPSA) is 97.0 Å². The fourth-order valence-electron chi connectivity index (χ4n) is 2.98. The largest absolute Gasteiger partial charge is 0.508 e. The number of aromatic hydroxyl groups is 1. The van der Waals surface area contributed by atoms with E-state index in [-0.39, 0.29) is 11.0 Å². The molecule has 4 rings (SSSR count). The van der Waals surface area contributed by atoms with Crippen molar-refractivity contribution in [2.24, 2.45) is 0 Å². The van der Waals surface area contributed by atoms with Crippen LogP contribution in [0.1, 0.15) is 29.2 Å². The summed E-state index contributed by atoms with van der Waals surface area (Å²) in [4.78, 5) is 8.24. The first-order chi connectivity index (χ1) is 14.7. The van der Waals surface area contributed by atoms with Crippen molar-refractivity contribution in [1.29, 1.82) is 0 Å². The molecule has 8 heteroatoms. The highest BCUT2D eigenvalue weighted by atomic mass is 32.2. The Labute approximate surface area is 178 Å². The SMILES string of the molecule is CCSC(c1nnc(-c2ccc(CNc3cnccn3)cc2)o1)c1ccccc1O. The highest BCUT2D eigenvalue weighted by Gasteiger charge is 2.23. The summed E-state index contributed by atoms with van der Waals surface area (Å²) >= 11 is 1.64. The van der Waals surface area contributed by atoms with E-state index in [9.17, 15) is 5.11 Å². The minimum Gasteiger partial charge on any atom is -0.508 e. The Bertz CT molecular complexity index is 1090. The van der Waals surface area contributed by atoms with Gasteiger partial charge in [-0.2, -0.15) is 0 Å². The molecular weight excluding hydrogens is 398 g/mol. The number of hydrogen-bond acceptors (Lipinski definition) is 8. The van der Waals surface area contributed by atoms with Crippen LogP contribution < -0.4 is 5.32 Å². The summed E-state index contributed by atoms with van der Waals surface area (Å²) in [7, 11) is 0. The van der Waals surface area contributed by atoms with Gasteiger partial charge < -0.3 is 14.8 Å². The average Bonchev–Trinajstić information content (AvgIpc) is 3.28. The number of hydrogen-bond donors (Lipinski definition) is 2. The predicted molar refractivity (Wildman–Crippen MR) is 117 cm³/mol. The Hall–Kier alpha value is -3.39. The molecule has 0 fully saturated rings. The zero-order valence-electron chi connectivity index (χ0n) is 16.4. The quantitative estimate of drug-likeness (QED) is 0.425. The number of aromatic nitrogens is 4. The lowest BCUT2D eigenvalue weighted by Crippen LogP contribution is -2.01. The highest BCUT2D eigenvalue weighted by Crippen LogP contribution is 2.39. The zero-order chi connectivity index (χ0) is 20.8. The van der Waals surface area contributed by atoms with Crippen LogP contribution in [0.4, 0.5) is 5.82 Å². The van der Waals surface area contributed by atoms with E-state index in [0.29, 0.717) is 18.3 Å². The minimum atomic E-state index is -0.215. The maximum absolute atomic E-state index is 10.2. The summed E-state index contributed by atoms with van der Waals surface area (Å²) in [5.74, 6) is 2.74. The van der Waals surface area contributed by atoms with Crippen LogP contribution in [0.2, 0.25) is 0 Å². The Morgan fingerprint density at radius 1 is 1.07 bits per heavy atom. The van der Waals surface area contributed by atoms with Crippen molar-refractivity contribution in [2.45, 2.75) is 18.7 Å². The van der Waals surface area contributed by atoms with E-state index in [2.05, 4.69) is 32.4 Å². The van der Waals surface area contributed by atoms with Crippen molar-refractivity contribution in [3.63, 3.8) is 0 Å². The van der Waals surface area contributed by atoms with Crippen LogP contribution in [0, 0.1) is 0 Å². The van der Waals surface area contributed by atoms with Crippen molar-refractivity contribution in [3.05, 3.63) is 84.1 Å². The minimum absolute atomic E-state index is 0.215. The molecule has 30 heavy (non-hydrogen) atoms. The van der Waals surface area contributed by atoms with Crippen LogP contribution in [-0.4, -0.2) is 31.0 Å². The van der Waals surface area contributed by atoms with Crippen molar-refractivity contribution >= 4 is 17.6 Å². The number of nitrogens with zero attached hydrogens (tertiary/aromatic N) is 4. The Morgan fingerprint density at radius 2 is 1.90 bits per heavy atom. The van der Waals surface area contributed by atoms with E-state index in [1.165, 1.54) is 0 Å². The van der Waals surface area contributed by atoms with Gasteiger partial charge in [0, 0.05) is 30.1 Å². The molecule has 0 bridgehead atoms. The maximum atomic E-state index is 10.2. The van der Waals surface area contributed by atoms with Gasteiger partial charge in [0.25, 0.3) is 0 Å². The number of rotatable bonds is 8. The van der Waals surface area contributed by atoms with Gasteiger partial charge in [-0.15, -0.1) is 22.0 Å². The molecule has 0 radical (unpaired) electrons. The summed E-state index contributed by atoms with van der Waals surface area (Å²) in [6.45, 7) is 2.69. The van der Waals surface area contributed by atoms with Crippen LogP contribution in [0.3, 0.4) is 0 Å². The molecule has 0 aliphatic heterocycles. The van der Waals surface area contributed by atoms with E-state index >= 15 is 0 Å². The third-order valence-electron chi connectivity index (χ3n) is 4.46. The highest BCUT2D eigenvalue weighted by molar-refractivity contribution is 7.99. The van der Waals surface area contributed by atoms with E-state index in [0.717, 1.165) is 28.3 Å². The van der Waals surface area contributed by atoms with Crippen molar-refractivity contribution in [2.75, 3.05) is 11.1 Å². The number of para-hydroxylation sites is 1. The summed E-state index contributed by atoms with van der Waals surface area (Å²) in [5, 5.41) is 21.7. The number of phenols is 1. The fourth-order valence-corrected chi connectivity index (χ4v) is 3.93. The second-order valence-electron chi connectivity index (χ2n) is 6.48. The Balaban J connectivity index is 1.49. The van der Waals surface area contributed by atoms with E-state index < -0.39 is 0 Å². The summed E-state index contributed by atoms with van der Waals surface area (Å²) in [6.07, 6.45) is 4.98. The lowest BCUT2D eigenvalue weighted by molar-refractivity contribution is 0.461. The third-order valence-corrected chi connectivity index (χ3v) is 5.58. The van der Waals surface area contributed by atoms with Crippen LogP contribution in [0.25, 0.3) is 11.5 Å². The number of nitrogens with one attached hydrogen (secondary N) is 1. The fraction of sp³-hybridized carbons (Fsp3) is 0.182. The third kappa shape index (κ3) is 4.60.